The van der Waals surface area contributed by atoms with Crippen LogP contribution in [0.15, 0.2) is 42.5 Å². The van der Waals surface area contributed by atoms with Crippen molar-refractivity contribution in [3.63, 3.8) is 0 Å². The third kappa shape index (κ3) is 5.76. The van der Waals surface area contributed by atoms with Gasteiger partial charge in [0, 0.05) is 22.3 Å². The molecule has 0 aromatic heterocycles. The molecule has 7 heteroatoms. The Morgan fingerprint density at radius 1 is 1.11 bits per heavy atom. The first kappa shape index (κ1) is 19.8. The van der Waals surface area contributed by atoms with E-state index in [2.05, 4.69) is 10.2 Å². The van der Waals surface area contributed by atoms with Crippen LogP contribution in [0.5, 0.6) is 5.75 Å². The van der Waals surface area contributed by atoms with Gasteiger partial charge in [-0.3, -0.25) is 4.79 Å². The predicted molar refractivity (Wildman–Crippen MR) is 109 cm³/mol. The molecule has 2 aromatic rings. The lowest BCUT2D eigenvalue weighted by Gasteiger charge is -2.33. The summed E-state index contributed by atoms with van der Waals surface area (Å²) in [4.78, 5) is 15.8. The summed E-state index contributed by atoms with van der Waals surface area (Å²) in [5, 5.41) is 13.6. The molecule has 27 heavy (non-hydrogen) atoms. The van der Waals surface area contributed by atoms with E-state index in [9.17, 15) is 9.90 Å². The highest BCUT2D eigenvalue weighted by Gasteiger charge is 2.22. The molecule has 1 saturated heterocycles. The summed E-state index contributed by atoms with van der Waals surface area (Å²) in [6, 6.07) is 12.7. The van der Waals surface area contributed by atoms with E-state index in [1.165, 1.54) is 4.90 Å². The number of phenolic OH excluding ortho intramolecular Hbond substituents is 1. The van der Waals surface area contributed by atoms with Gasteiger partial charge in [0.05, 0.1) is 26.2 Å². The van der Waals surface area contributed by atoms with Gasteiger partial charge in [0.15, 0.2) is 6.54 Å². The number of anilines is 1. The summed E-state index contributed by atoms with van der Waals surface area (Å²) >= 11 is 12.0. The first-order valence-electron chi connectivity index (χ1n) is 9.09. The molecular formula is C20H24Cl2N3O2+. The van der Waals surface area contributed by atoms with Gasteiger partial charge < -0.3 is 20.2 Å². The van der Waals surface area contributed by atoms with Crippen molar-refractivity contribution in [3.05, 3.63) is 58.1 Å². The van der Waals surface area contributed by atoms with Crippen LogP contribution in [0, 0.1) is 0 Å². The average Bonchev–Trinajstić information content (AvgIpc) is 2.65. The van der Waals surface area contributed by atoms with Gasteiger partial charge in [-0.25, -0.2) is 0 Å². The lowest BCUT2D eigenvalue weighted by molar-refractivity contribution is -0.892. The minimum Gasteiger partial charge on any atom is -0.508 e. The number of aromatic hydroxyl groups is 1. The van der Waals surface area contributed by atoms with Crippen molar-refractivity contribution in [2.75, 3.05) is 44.2 Å². The molecule has 144 valence electrons. The number of hydrogen-bond donors (Lipinski definition) is 3. The Hall–Kier alpha value is -1.95. The number of nitrogens with zero attached hydrogens (tertiary/aromatic N) is 1. The molecule has 0 aliphatic carbocycles. The van der Waals surface area contributed by atoms with E-state index in [1.54, 1.807) is 18.2 Å². The molecule has 0 atom stereocenters. The largest absolute Gasteiger partial charge is 0.508 e. The number of amides is 1. The third-order valence-electron chi connectivity index (χ3n) is 4.83. The van der Waals surface area contributed by atoms with Crippen molar-refractivity contribution < 1.29 is 14.8 Å². The van der Waals surface area contributed by atoms with E-state index in [0.29, 0.717) is 29.6 Å². The van der Waals surface area contributed by atoms with Crippen LogP contribution in [0.2, 0.25) is 10.0 Å². The summed E-state index contributed by atoms with van der Waals surface area (Å²) in [5.74, 6) is 0.340. The molecule has 1 heterocycles. The fourth-order valence-electron chi connectivity index (χ4n) is 3.27. The zero-order valence-corrected chi connectivity index (χ0v) is 16.6. The van der Waals surface area contributed by atoms with Crippen molar-refractivity contribution in [1.82, 2.24) is 5.32 Å². The van der Waals surface area contributed by atoms with Gasteiger partial charge in [-0.2, -0.15) is 0 Å². The first-order chi connectivity index (χ1) is 13.0. The van der Waals surface area contributed by atoms with Crippen molar-refractivity contribution in [3.8, 4) is 5.75 Å². The Morgan fingerprint density at radius 2 is 1.81 bits per heavy atom. The molecule has 0 unspecified atom stereocenters. The van der Waals surface area contributed by atoms with Gasteiger partial charge in [-0.05, 0) is 48.4 Å². The fraction of sp³-hybridized carbons (Fsp3) is 0.350. The average molecular weight is 409 g/mol. The summed E-state index contributed by atoms with van der Waals surface area (Å²) in [6.07, 6.45) is 0.686. The van der Waals surface area contributed by atoms with Crippen molar-refractivity contribution >= 4 is 34.8 Å². The van der Waals surface area contributed by atoms with Gasteiger partial charge in [0.1, 0.15) is 5.75 Å². The topological polar surface area (TPSA) is 57.0 Å². The molecule has 2 aromatic carbocycles. The highest BCUT2D eigenvalue weighted by atomic mass is 35.5. The normalized spacial score (nSPS) is 15.0. The second kappa shape index (κ2) is 9.31. The van der Waals surface area contributed by atoms with Gasteiger partial charge in [0.2, 0.25) is 0 Å². The van der Waals surface area contributed by atoms with Crippen LogP contribution < -0.4 is 15.1 Å². The molecule has 0 saturated carbocycles. The number of quaternary nitrogens is 1. The molecular weight excluding hydrogens is 385 g/mol. The van der Waals surface area contributed by atoms with Crippen molar-refractivity contribution in [1.29, 1.82) is 0 Å². The molecule has 0 radical (unpaired) electrons. The highest BCUT2D eigenvalue weighted by molar-refractivity contribution is 6.35. The number of rotatable bonds is 6. The Labute approximate surface area is 169 Å². The smallest absolute Gasteiger partial charge is 0.275 e. The number of carbonyl (C=O) groups excluding carboxylic acids is 1. The van der Waals surface area contributed by atoms with Gasteiger partial charge in [-0.15, -0.1) is 0 Å². The number of nitrogens with one attached hydrogen (secondary N) is 2. The van der Waals surface area contributed by atoms with Crippen LogP contribution >= 0.6 is 23.2 Å². The maximum Gasteiger partial charge on any atom is 0.275 e. The standard InChI is InChI=1S/C20H23Cl2N3O2/c21-16-2-1-15(19(22)13-16)7-8-23-20(27)14-24-9-11-25(12-10-24)17-3-5-18(26)6-4-17/h1-6,13,26H,7-12,14H2,(H,23,27)/p+1. The van der Waals surface area contributed by atoms with Crippen LogP contribution in [0.1, 0.15) is 5.56 Å². The Morgan fingerprint density at radius 3 is 2.48 bits per heavy atom. The van der Waals surface area contributed by atoms with E-state index in [0.717, 1.165) is 37.4 Å². The van der Waals surface area contributed by atoms with Gasteiger partial charge >= 0.3 is 0 Å². The zero-order valence-electron chi connectivity index (χ0n) is 15.0. The third-order valence-corrected chi connectivity index (χ3v) is 5.41. The second-order valence-corrected chi connectivity index (χ2v) is 7.61. The Bertz CT molecular complexity index is 775. The molecule has 1 amide bonds. The van der Waals surface area contributed by atoms with E-state index in [4.69, 9.17) is 23.2 Å². The molecule has 5 nitrogen and oxygen atoms in total. The van der Waals surface area contributed by atoms with Crippen LogP contribution in [-0.2, 0) is 11.2 Å². The van der Waals surface area contributed by atoms with Crippen molar-refractivity contribution in [2.45, 2.75) is 6.42 Å². The van der Waals surface area contributed by atoms with Gasteiger partial charge in [0.25, 0.3) is 5.91 Å². The Balaban J connectivity index is 1.38. The second-order valence-electron chi connectivity index (χ2n) is 6.77. The van der Waals surface area contributed by atoms with E-state index in [1.807, 2.05) is 24.3 Å². The van der Waals surface area contributed by atoms with E-state index >= 15 is 0 Å². The number of halogens is 2. The van der Waals surface area contributed by atoms with Crippen LogP contribution in [0.25, 0.3) is 0 Å². The molecule has 3 rings (SSSR count). The Kier molecular flexibility index (Phi) is 6.83. The maximum absolute atomic E-state index is 12.2. The molecule has 1 fully saturated rings. The molecule has 0 spiro atoms. The number of piperazine rings is 1. The number of hydrogen-bond acceptors (Lipinski definition) is 3. The molecule has 3 N–H and O–H groups in total. The van der Waals surface area contributed by atoms with E-state index in [-0.39, 0.29) is 11.7 Å². The van der Waals surface area contributed by atoms with Crippen LogP contribution in [0.4, 0.5) is 5.69 Å². The van der Waals surface area contributed by atoms with E-state index < -0.39 is 0 Å². The minimum atomic E-state index is 0.0631. The predicted octanol–water partition coefficient (Wildman–Crippen LogP) is 1.76. The van der Waals surface area contributed by atoms with Gasteiger partial charge in [-0.1, -0.05) is 29.3 Å². The first-order valence-corrected chi connectivity index (χ1v) is 9.85. The number of carbonyl (C=O) groups is 1. The highest BCUT2D eigenvalue weighted by Crippen LogP contribution is 2.21. The van der Waals surface area contributed by atoms with Crippen LogP contribution in [-0.4, -0.2) is 50.3 Å². The summed E-state index contributed by atoms with van der Waals surface area (Å²) in [5.41, 5.74) is 2.09. The minimum absolute atomic E-state index is 0.0631. The number of benzene rings is 2. The SMILES string of the molecule is O=C(C[NH+]1CCN(c2ccc(O)cc2)CC1)NCCc1ccc(Cl)cc1Cl. The number of phenols is 1. The zero-order chi connectivity index (χ0) is 19.2. The summed E-state index contributed by atoms with van der Waals surface area (Å²) < 4.78 is 0. The molecule has 0 bridgehead atoms. The lowest BCUT2D eigenvalue weighted by Crippen LogP contribution is -3.16. The molecule has 1 aliphatic heterocycles. The summed E-state index contributed by atoms with van der Waals surface area (Å²) in [7, 11) is 0. The maximum atomic E-state index is 12.2. The fourth-order valence-corrected chi connectivity index (χ4v) is 3.77. The quantitative estimate of drug-likeness (QED) is 0.682. The summed E-state index contributed by atoms with van der Waals surface area (Å²) in [6.45, 7) is 4.67. The van der Waals surface area contributed by atoms with Crippen molar-refractivity contribution in [2.24, 2.45) is 0 Å². The molecule has 1 aliphatic rings. The monoisotopic (exact) mass is 408 g/mol. The van der Waals surface area contributed by atoms with Crippen LogP contribution in [0.3, 0.4) is 0 Å². The lowest BCUT2D eigenvalue weighted by atomic mass is 10.1.